The number of hydrogen-bond acceptors (Lipinski definition) is 8. The molecule has 2 aliphatic rings. The van der Waals surface area contributed by atoms with E-state index >= 15 is 0 Å². The van der Waals surface area contributed by atoms with Gasteiger partial charge < -0.3 is 19.6 Å². The molecular weight excluding hydrogens is 552 g/mol. The summed E-state index contributed by atoms with van der Waals surface area (Å²) in [6, 6.07) is 0. The summed E-state index contributed by atoms with van der Waals surface area (Å²) in [6.45, 7) is 11.8. The van der Waals surface area contributed by atoms with Gasteiger partial charge in [0.05, 0.1) is 13.3 Å². The maximum Gasteiger partial charge on any atom is 0.512 e. The Morgan fingerprint density at radius 1 is 0.730 bits per heavy atom. The predicted molar refractivity (Wildman–Crippen MR) is 128 cm³/mol. The summed E-state index contributed by atoms with van der Waals surface area (Å²) in [5, 5.41) is 0. The molecule has 0 spiro atoms. The van der Waals surface area contributed by atoms with Crippen molar-refractivity contribution >= 4 is 20.0 Å². The molecule has 0 saturated heterocycles. The molecule has 0 radical (unpaired) electrons. The van der Waals surface area contributed by atoms with Gasteiger partial charge in [0.15, 0.2) is 0 Å². The monoisotopic (exact) mass is 585 g/mol. The van der Waals surface area contributed by atoms with Crippen molar-refractivity contribution in [2.45, 2.75) is 44.1 Å². The molecule has 0 atom stereocenters. The average Bonchev–Trinajstić information content (AvgIpc) is 3.43. The van der Waals surface area contributed by atoms with Crippen molar-refractivity contribution in [2.75, 3.05) is 33.5 Å². The Bertz CT molecular complexity index is 933. The normalized spacial score (nSPS) is 16.1. The second-order valence-electron chi connectivity index (χ2n) is 7.59. The molecule has 216 valence electrons. The van der Waals surface area contributed by atoms with E-state index in [4.69, 9.17) is 0 Å². The SMILES string of the molecule is C.C=CN1C=CN(CCCCCCN2C=CN(C=C)C2)C1.CN(S(=O)(=O)C(F)(F)F)S(=O)(=O)C(F)(F)F. The van der Waals surface area contributed by atoms with Gasteiger partial charge in [0, 0.05) is 44.9 Å². The summed E-state index contributed by atoms with van der Waals surface area (Å²) in [6.07, 6.45) is 17.4. The second kappa shape index (κ2) is 13.9. The highest BCUT2D eigenvalue weighted by Gasteiger charge is 2.59. The third-order valence-corrected chi connectivity index (χ3v) is 8.70. The Kier molecular flexibility index (Phi) is 13.0. The Labute approximate surface area is 214 Å². The minimum absolute atomic E-state index is 0. The van der Waals surface area contributed by atoms with E-state index < -0.39 is 34.8 Å². The summed E-state index contributed by atoms with van der Waals surface area (Å²) in [5.74, 6) is 0. The van der Waals surface area contributed by atoms with Crippen LogP contribution in [0.25, 0.3) is 0 Å². The van der Waals surface area contributed by atoms with Gasteiger partial charge in [0.2, 0.25) is 0 Å². The molecule has 0 saturated carbocycles. The van der Waals surface area contributed by atoms with Gasteiger partial charge in [0.25, 0.3) is 0 Å². The molecular formula is C20H33F6N5O4S2. The Morgan fingerprint density at radius 3 is 1.30 bits per heavy atom. The molecule has 0 unspecified atom stereocenters. The predicted octanol–water partition coefficient (Wildman–Crippen LogP) is 4.18. The van der Waals surface area contributed by atoms with Crippen LogP contribution in [0, 0.1) is 0 Å². The number of hydrogen-bond donors (Lipinski definition) is 0. The van der Waals surface area contributed by atoms with Gasteiger partial charge in [-0.1, -0.05) is 37.1 Å². The lowest BCUT2D eigenvalue weighted by molar-refractivity contribution is -0.0523. The van der Waals surface area contributed by atoms with Crippen molar-refractivity contribution in [1.29, 1.82) is 0 Å². The third-order valence-electron chi connectivity index (χ3n) is 5.00. The van der Waals surface area contributed by atoms with Crippen molar-refractivity contribution in [3.05, 3.63) is 50.4 Å². The summed E-state index contributed by atoms with van der Waals surface area (Å²) in [7, 11) is -13.5. The maximum atomic E-state index is 11.7. The van der Waals surface area contributed by atoms with Crippen molar-refractivity contribution in [3.63, 3.8) is 0 Å². The highest BCUT2D eigenvalue weighted by molar-refractivity contribution is 8.04. The van der Waals surface area contributed by atoms with E-state index in [9.17, 15) is 43.2 Å². The van der Waals surface area contributed by atoms with Crippen LogP contribution in [0.1, 0.15) is 33.1 Å². The molecule has 0 aromatic heterocycles. The number of sulfonamides is 2. The first-order chi connectivity index (χ1) is 16.5. The average molecular weight is 586 g/mol. The van der Waals surface area contributed by atoms with Crippen LogP contribution in [0.15, 0.2) is 50.4 Å². The van der Waals surface area contributed by atoms with Crippen molar-refractivity contribution in [1.82, 2.24) is 23.3 Å². The lowest BCUT2D eigenvalue weighted by Crippen LogP contribution is -2.46. The van der Waals surface area contributed by atoms with Crippen LogP contribution in [-0.4, -0.2) is 84.6 Å². The number of unbranched alkanes of at least 4 members (excludes halogenated alkanes) is 3. The lowest BCUT2D eigenvalue weighted by Gasteiger charge is -2.19. The van der Waals surface area contributed by atoms with Gasteiger partial charge in [-0.3, -0.25) is 0 Å². The van der Waals surface area contributed by atoms with Crippen LogP contribution >= 0.6 is 0 Å². The molecule has 2 rings (SSSR count). The minimum atomic E-state index is -6.59. The summed E-state index contributed by atoms with van der Waals surface area (Å²) in [5.41, 5.74) is -12.3. The van der Waals surface area contributed by atoms with E-state index in [1.54, 1.807) is 0 Å². The fourth-order valence-corrected chi connectivity index (χ4v) is 5.02. The number of halogens is 6. The largest absolute Gasteiger partial charge is 0.512 e. The van der Waals surface area contributed by atoms with E-state index in [-0.39, 0.29) is 14.5 Å². The summed E-state index contributed by atoms with van der Waals surface area (Å²) < 4.78 is 110. The molecule has 0 aromatic carbocycles. The molecule has 17 heteroatoms. The first-order valence-corrected chi connectivity index (χ1v) is 13.3. The molecule has 0 amide bonds. The topological polar surface area (TPSA) is 84.5 Å². The standard InChI is InChI=1S/C16H26N4.C3H3F6NO4S2.CH4/c1-3-17-11-13-19(15-17)9-7-5-6-8-10-20-14-12-18(4-2)16-20;1-10(15(11,12)2(4,5)6)16(13,14)3(7,8)9;/h3-4,11-14H,1-2,5-10,15-16H2;1H3;1H4. The third kappa shape index (κ3) is 9.77. The van der Waals surface area contributed by atoms with E-state index in [2.05, 4.69) is 57.6 Å². The molecule has 37 heavy (non-hydrogen) atoms. The molecule has 0 fully saturated rings. The molecule has 2 heterocycles. The fraction of sp³-hybridized carbons (Fsp3) is 0.600. The lowest BCUT2D eigenvalue weighted by atomic mass is 10.2. The van der Waals surface area contributed by atoms with Crippen LogP contribution < -0.4 is 0 Å². The first-order valence-electron chi connectivity index (χ1n) is 10.5. The van der Waals surface area contributed by atoms with Crippen LogP contribution in [0.5, 0.6) is 0 Å². The van der Waals surface area contributed by atoms with Crippen LogP contribution in [0.3, 0.4) is 0 Å². The Morgan fingerprint density at radius 2 is 1.05 bits per heavy atom. The highest BCUT2D eigenvalue weighted by atomic mass is 32.3. The quantitative estimate of drug-likeness (QED) is 0.264. The summed E-state index contributed by atoms with van der Waals surface area (Å²) in [4.78, 5) is 8.88. The minimum Gasteiger partial charge on any atom is -0.358 e. The number of alkyl halides is 6. The van der Waals surface area contributed by atoms with Crippen LogP contribution in [0.2, 0.25) is 0 Å². The van der Waals surface area contributed by atoms with Crippen molar-refractivity contribution in [3.8, 4) is 0 Å². The zero-order valence-electron chi connectivity index (χ0n) is 19.5. The van der Waals surface area contributed by atoms with Crippen LogP contribution in [-0.2, 0) is 20.0 Å². The van der Waals surface area contributed by atoms with Gasteiger partial charge in [-0.25, -0.2) is 16.8 Å². The zero-order valence-corrected chi connectivity index (χ0v) is 21.1. The van der Waals surface area contributed by atoms with Gasteiger partial charge >= 0.3 is 31.1 Å². The number of nitrogens with zero attached hydrogens (tertiary/aromatic N) is 5. The van der Waals surface area contributed by atoms with Crippen LogP contribution in [0.4, 0.5) is 26.3 Å². The van der Waals surface area contributed by atoms with Gasteiger partial charge in [-0.05, 0) is 25.2 Å². The van der Waals surface area contributed by atoms with E-state index in [0.29, 0.717) is 0 Å². The maximum absolute atomic E-state index is 11.7. The van der Waals surface area contributed by atoms with Crippen molar-refractivity contribution in [2.24, 2.45) is 0 Å². The van der Waals surface area contributed by atoms with E-state index in [1.807, 2.05) is 12.4 Å². The van der Waals surface area contributed by atoms with Gasteiger partial charge in [0.1, 0.15) is 0 Å². The first kappa shape index (κ1) is 34.6. The van der Waals surface area contributed by atoms with Gasteiger partial charge in [-0.15, -0.1) is 0 Å². The molecule has 0 N–H and O–H groups in total. The molecule has 0 bridgehead atoms. The molecule has 0 aliphatic carbocycles. The number of rotatable bonds is 11. The Hall–Kier alpha value is -2.40. The van der Waals surface area contributed by atoms with Gasteiger partial charge in [-0.2, -0.15) is 26.3 Å². The molecule has 9 nitrogen and oxygen atoms in total. The van der Waals surface area contributed by atoms with Crippen molar-refractivity contribution < 1.29 is 43.2 Å². The molecule has 2 aliphatic heterocycles. The Balaban J connectivity index is 0.000000702. The van der Waals surface area contributed by atoms with E-state index in [1.165, 1.54) is 25.7 Å². The highest BCUT2D eigenvalue weighted by Crippen LogP contribution is 2.33. The smallest absolute Gasteiger partial charge is 0.358 e. The molecule has 0 aromatic rings. The van der Waals surface area contributed by atoms with E-state index in [0.717, 1.165) is 26.4 Å². The zero-order chi connectivity index (χ0) is 27.8. The summed E-state index contributed by atoms with van der Waals surface area (Å²) >= 11 is 0. The fourth-order valence-electron chi connectivity index (χ4n) is 2.90. The second-order valence-corrected chi connectivity index (χ2v) is 11.7.